The molecule has 0 atom stereocenters. The molecule has 5 heteroatoms. The number of ether oxygens (including phenoxy) is 1. The van der Waals surface area contributed by atoms with E-state index in [9.17, 15) is 9.59 Å². The minimum Gasteiger partial charge on any atom is -0.496 e. The molecule has 0 fully saturated rings. The van der Waals surface area contributed by atoms with Gasteiger partial charge in [-0.2, -0.15) is 0 Å². The summed E-state index contributed by atoms with van der Waals surface area (Å²) in [5.74, 6) is 0.268. The molecule has 3 aromatic rings. The highest BCUT2D eigenvalue weighted by atomic mass is 16.5. The van der Waals surface area contributed by atoms with E-state index in [1.54, 1.807) is 23.1 Å². The summed E-state index contributed by atoms with van der Waals surface area (Å²) in [5, 5.41) is 4.70. The summed E-state index contributed by atoms with van der Waals surface area (Å²) in [6.07, 6.45) is 0. The Kier molecular flexibility index (Phi) is 3.84. The highest BCUT2D eigenvalue weighted by molar-refractivity contribution is 6.27. The van der Waals surface area contributed by atoms with Crippen LogP contribution in [-0.4, -0.2) is 25.5 Å². The maximum atomic E-state index is 12.7. The highest BCUT2D eigenvalue weighted by Crippen LogP contribution is 2.40. The fourth-order valence-corrected chi connectivity index (χ4v) is 3.49. The van der Waals surface area contributed by atoms with Crippen LogP contribution in [-0.2, 0) is 0 Å². The van der Waals surface area contributed by atoms with Crippen molar-refractivity contribution in [2.24, 2.45) is 0 Å². The average Bonchev–Trinajstić information content (AvgIpc) is 2.96. The van der Waals surface area contributed by atoms with Crippen LogP contribution < -0.4 is 15.0 Å². The fraction of sp³-hybridized carbons (Fsp3) is 0.143. The van der Waals surface area contributed by atoms with Crippen molar-refractivity contribution >= 4 is 34.0 Å². The van der Waals surface area contributed by atoms with Crippen molar-refractivity contribution in [2.75, 3.05) is 23.9 Å². The third-order valence-electron chi connectivity index (χ3n) is 4.70. The van der Waals surface area contributed by atoms with Crippen LogP contribution in [0, 0.1) is 0 Å². The second kappa shape index (κ2) is 6.19. The quantitative estimate of drug-likeness (QED) is 0.774. The van der Waals surface area contributed by atoms with Crippen LogP contribution in [0.25, 0.3) is 10.8 Å². The lowest BCUT2D eigenvalue weighted by Crippen LogP contribution is -2.25. The van der Waals surface area contributed by atoms with Crippen LogP contribution in [0.4, 0.5) is 11.4 Å². The van der Waals surface area contributed by atoms with Gasteiger partial charge >= 0.3 is 0 Å². The van der Waals surface area contributed by atoms with Gasteiger partial charge in [-0.25, -0.2) is 0 Å². The number of benzene rings is 3. The zero-order valence-electron chi connectivity index (χ0n) is 14.6. The third kappa shape index (κ3) is 2.32. The third-order valence-corrected chi connectivity index (χ3v) is 4.70. The monoisotopic (exact) mass is 346 g/mol. The van der Waals surface area contributed by atoms with E-state index in [0.717, 1.165) is 16.5 Å². The molecule has 1 N–H and O–H groups in total. The Balaban J connectivity index is 1.79. The molecule has 0 spiro atoms. The summed E-state index contributed by atoms with van der Waals surface area (Å²) in [5.41, 5.74) is 2.70. The molecule has 1 aliphatic rings. The average molecular weight is 346 g/mol. The van der Waals surface area contributed by atoms with Gasteiger partial charge < -0.3 is 15.0 Å². The lowest BCUT2D eigenvalue weighted by molar-refractivity contribution is 0.0992. The van der Waals surface area contributed by atoms with E-state index in [-0.39, 0.29) is 11.8 Å². The first kappa shape index (κ1) is 16.1. The molecular weight excluding hydrogens is 328 g/mol. The lowest BCUT2D eigenvalue weighted by Gasteiger charge is -2.16. The summed E-state index contributed by atoms with van der Waals surface area (Å²) in [6.45, 7) is 2.56. The van der Waals surface area contributed by atoms with Crippen LogP contribution in [0.5, 0.6) is 5.75 Å². The zero-order valence-corrected chi connectivity index (χ0v) is 14.6. The molecule has 26 heavy (non-hydrogen) atoms. The van der Waals surface area contributed by atoms with Gasteiger partial charge in [0.2, 0.25) is 0 Å². The Hall–Kier alpha value is -3.34. The Bertz CT molecular complexity index is 1040. The van der Waals surface area contributed by atoms with E-state index in [1.807, 2.05) is 43.3 Å². The van der Waals surface area contributed by atoms with Crippen LogP contribution in [0.15, 0.2) is 54.6 Å². The molecule has 5 nitrogen and oxygen atoms in total. The van der Waals surface area contributed by atoms with Gasteiger partial charge in [-0.15, -0.1) is 0 Å². The van der Waals surface area contributed by atoms with Gasteiger partial charge in [-0.1, -0.05) is 24.3 Å². The first-order chi connectivity index (χ1) is 12.7. The molecule has 0 radical (unpaired) electrons. The number of hydrogen-bond donors (Lipinski definition) is 1. The zero-order chi connectivity index (χ0) is 18.3. The van der Waals surface area contributed by atoms with Crippen LogP contribution in [0.3, 0.4) is 0 Å². The predicted molar refractivity (Wildman–Crippen MR) is 102 cm³/mol. The van der Waals surface area contributed by atoms with Crippen molar-refractivity contribution < 1.29 is 14.3 Å². The molecule has 0 aliphatic carbocycles. The molecular formula is C21H18N2O3. The van der Waals surface area contributed by atoms with Crippen molar-refractivity contribution in [2.45, 2.75) is 6.92 Å². The van der Waals surface area contributed by atoms with Crippen molar-refractivity contribution in [1.29, 1.82) is 0 Å². The normalized spacial score (nSPS) is 12.5. The smallest absolute Gasteiger partial charge is 0.259 e. The van der Waals surface area contributed by atoms with E-state index < -0.39 is 0 Å². The Morgan fingerprint density at radius 2 is 1.88 bits per heavy atom. The van der Waals surface area contributed by atoms with Crippen molar-refractivity contribution in [3.63, 3.8) is 0 Å². The number of carbonyl (C=O) groups excluding carboxylic acids is 2. The molecule has 0 unspecified atom stereocenters. The SMILES string of the molecule is CCN1C(=O)c2cccc3c(NC(=O)c4ccccc4OC)ccc1c23. The summed E-state index contributed by atoms with van der Waals surface area (Å²) >= 11 is 0. The van der Waals surface area contributed by atoms with Gasteiger partial charge in [0.25, 0.3) is 11.8 Å². The maximum Gasteiger partial charge on any atom is 0.259 e. The summed E-state index contributed by atoms with van der Waals surface area (Å²) in [7, 11) is 1.54. The number of nitrogens with zero attached hydrogens (tertiary/aromatic N) is 1. The van der Waals surface area contributed by atoms with E-state index in [2.05, 4.69) is 5.32 Å². The van der Waals surface area contributed by atoms with Crippen molar-refractivity contribution in [3.05, 3.63) is 65.7 Å². The molecule has 130 valence electrons. The van der Waals surface area contributed by atoms with Crippen LogP contribution in [0.2, 0.25) is 0 Å². The predicted octanol–water partition coefficient (Wildman–Crippen LogP) is 4.08. The number of amides is 2. The molecule has 0 bridgehead atoms. The summed E-state index contributed by atoms with van der Waals surface area (Å²) in [6, 6.07) is 16.4. The second-order valence-electron chi connectivity index (χ2n) is 6.06. The lowest BCUT2D eigenvalue weighted by atomic mass is 10.0. The molecule has 1 aliphatic heterocycles. The minimum absolute atomic E-state index is 0.00121. The fourth-order valence-electron chi connectivity index (χ4n) is 3.49. The number of para-hydroxylation sites is 1. The number of rotatable bonds is 4. The van der Waals surface area contributed by atoms with Crippen LogP contribution in [0.1, 0.15) is 27.6 Å². The van der Waals surface area contributed by atoms with Gasteiger partial charge in [0.15, 0.2) is 0 Å². The Morgan fingerprint density at radius 3 is 2.65 bits per heavy atom. The van der Waals surface area contributed by atoms with E-state index in [1.165, 1.54) is 7.11 Å². The molecule has 2 amide bonds. The summed E-state index contributed by atoms with van der Waals surface area (Å²) in [4.78, 5) is 27.1. The molecule has 0 saturated heterocycles. The Labute approximate surface area is 151 Å². The minimum atomic E-state index is -0.250. The standard InChI is InChI=1S/C21H18N2O3/c1-3-23-17-12-11-16(13-8-6-9-15(19(13)17)21(23)25)22-20(24)14-7-4-5-10-18(14)26-2/h4-12H,3H2,1-2H3,(H,22,24). The van der Waals surface area contributed by atoms with Crippen LogP contribution >= 0.6 is 0 Å². The van der Waals surface area contributed by atoms with Gasteiger partial charge in [0, 0.05) is 28.6 Å². The van der Waals surface area contributed by atoms with E-state index in [4.69, 9.17) is 4.74 Å². The Morgan fingerprint density at radius 1 is 1.08 bits per heavy atom. The molecule has 4 rings (SSSR count). The molecule has 1 heterocycles. The molecule has 0 saturated carbocycles. The number of anilines is 2. The maximum absolute atomic E-state index is 12.7. The number of nitrogens with one attached hydrogen (secondary N) is 1. The van der Waals surface area contributed by atoms with E-state index >= 15 is 0 Å². The van der Waals surface area contributed by atoms with Crippen molar-refractivity contribution in [1.82, 2.24) is 0 Å². The number of hydrogen-bond acceptors (Lipinski definition) is 3. The molecule has 3 aromatic carbocycles. The highest BCUT2D eigenvalue weighted by Gasteiger charge is 2.29. The van der Waals surface area contributed by atoms with Gasteiger partial charge in [-0.3, -0.25) is 9.59 Å². The van der Waals surface area contributed by atoms with Gasteiger partial charge in [0.05, 0.1) is 18.4 Å². The second-order valence-corrected chi connectivity index (χ2v) is 6.06. The number of methoxy groups -OCH3 is 1. The first-order valence-corrected chi connectivity index (χ1v) is 8.47. The molecule has 0 aromatic heterocycles. The van der Waals surface area contributed by atoms with Gasteiger partial charge in [-0.05, 0) is 37.3 Å². The van der Waals surface area contributed by atoms with E-state index in [0.29, 0.717) is 29.1 Å². The van der Waals surface area contributed by atoms with Crippen molar-refractivity contribution in [3.8, 4) is 5.75 Å². The first-order valence-electron chi connectivity index (χ1n) is 8.47. The summed E-state index contributed by atoms with van der Waals surface area (Å²) < 4.78 is 5.27. The number of carbonyl (C=O) groups is 2. The topological polar surface area (TPSA) is 58.6 Å². The largest absolute Gasteiger partial charge is 0.496 e. The van der Waals surface area contributed by atoms with Gasteiger partial charge in [0.1, 0.15) is 5.75 Å².